The molecule has 164 valence electrons. The zero-order chi connectivity index (χ0) is 21.8. The summed E-state index contributed by atoms with van der Waals surface area (Å²) >= 11 is 0. The number of hydrogen-bond donors (Lipinski definition) is 4. The lowest BCUT2D eigenvalue weighted by molar-refractivity contribution is -0.127. The Balaban J connectivity index is 1.71. The number of aryl methyl sites for hydroxylation is 1. The summed E-state index contributed by atoms with van der Waals surface area (Å²) in [4.78, 5) is 31.8. The van der Waals surface area contributed by atoms with Crippen LogP contribution in [-0.2, 0) is 11.2 Å². The Kier molecular flexibility index (Phi) is 6.78. The molecule has 3 amide bonds. The van der Waals surface area contributed by atoms with Gasteiger partial charge >= 0.3 is 6.03 Å². The van der Waals surface area contributed by atoms with E-state index in [9.17, 15) is 19.8 Å². The van der Waals surface area contributed by atoms with Crippen molar-refractivity contribution in [3.63, 3.8) is 0 Å². The van der Waals surface area contributed by atoms with E-state index in [4.69, 9.17) is 4.74 Å². The maximum Gasteiger partial charge on any atom is 0.325 e. The molecule has 0 aromatic heterocycles. The molecule has 4 atom stereocenters. The summed E-state index contributed by atoms with van der Waals surface area (Å²) in [6.45, 7) is 3.87. The van der Waals surface area contributed by atoms with E-state index in [-0.39, 0.29) is 19.7 Å². The van der Waals surface area contributed by atoms with Gasteiger partial charge in [0.2, 0.25) is 0 Å². The molecule has 3 rings (SSSR count). The van der Waals surface area contributed by atoms with Gasteiger partial charge in [-0.25, -0.2) is 4.79 Å². The first kappa shape index (κ1) is 21.8. The lowest BCUT2D eigenvalue weighted by Crippen LogP contribution is -2.65. The Morgan fingerprint density at radius 2 is 2.07 bits per heavy atom. The van der Waals surface area contributed by atoms with Crippen LogP contribution in [0.15, 0.2) is 29.3 Å². The first-order chi connectivity index (χ1) is 14.3. The topological polar surface area (TPSA) is 127 Å². The molecule has 2 aliphatic heterocycles. The minimum absolute atomic E-state index is 0.0289. The molecule has 30 heavy (non-hydrogen) atoms. The molecule has 2 heterocycles. The molecule has 1 aromatic carbocycles. The predicted molar refractivity (Wildman–Crippen MR) is 110 cm³/mol. The standard InChI is InChI=1S/C20H29N5O5/c1-4-13-6-5-7-15(8-13)30-11-14(27)10-25-16-17(22-19(25)21-9-12(2)26)24(3)20(29)23-18(16)28/h5-8,12,14,16-17,26-27H,4,9-11H2,1-3H3,(H,21,22)(H,23,28,29). The quantitative estimate of drug-likeness (QED) is 0.448. The number of carbonyl (C=O) groups excluding carboxylic acids is 2. The van der Waals surface area contributed by atoms with Crippen LogP contribution in [0.2, 0.25) is 0 Å². The fourth-order valence-electron chi connectivity index (χ4n) is 3.47. The number of imide groups is 1. The number of hydrogen-bond acceptors (Lipinski definition) is 6. The number of aliphatic imine (C=N–C) groups is 1. The SMILES string of the molecule is CCc1cccc(OCC(O)CN2C(=NCC(C)O)NC3C2C(=O)NC(=O)N3C)c1. The van der Waals surface area contributed by atoms with Crippen molar-refractivity contribution in [1.82, 2.24) is 20.4 Å². The van der Waals surface area contributed by atoms with Gasteiger partial charge in [0.15, 0.2) is 12.0 Å². The van der Waals surface area contributed by atoms with Crippen LogP contribution >= 0.6 is 0 Å². The normalized spacial score (nSPS) is 24.4. The highest BCUT2D eigenvalue weighted by molar-refractivity contribution is 6.04. The maximum atomic E-state index is 12.5. The van der Waals surface area contributed by atoms with Gasteiger partial charge in [0, 0.05) is 7.05 Å². The van der Waals surface area contributed by atoms with Gasteiger partial charge in [-0.1, -0.05) is 19.1 Å². The molecule has 2 fully saturated rings. The highest BCUT2D eigenvalue weighted by Gasteiger charge is 2.50. The number of likely N-dealkylation sites (N-methyl/N-ethyl adjacent to an activating group) is 1. The second kappa shape index (κ2) is 9.31. The largest absolute Gasteiger partial charge is 0.491 e. The van der Waals surface area contributed by atoms with Gasteiger partial charge < -0.3 is 30.1 Å². The van der Waals surface area contributed by atoms with E-state index in [0.29, 0.717) is 11.7 Å². The lowest BCUT2D eigenvalue weighted by atomic mass is 10.1. The second-order valence-corrected chi connectivity index (χ2v) is 7.57. The summed E-state index contributed by atoms with van der Waals surface area (Å²) in [6, 6.07) is 6.39. The number of aliphatic hydroxyl groups excluding tert-OH is 2. The van der Waals surface area contributed by atoms with Crippen molar-refractivity contribution in [3.8, 4) is 5.75 Å². The van der Waals surface area contributed by atoms with Crippen LogP contribution in [0.1, 0.15) is 19.4 Å². The summed E-state index contributed by atoms with van der Waals surface area (Å²) in [7, 11) is 1.57. The van der Waals surface area contributed by atoms with Crippen molar-refractivity contribution in [2.45, 2.75) is 44.7 Å². The minimum Gasteiger partial charge on any atom is -0.491 e. The Labute approximate surface area is 175 Å². The van der Waals surface area contributed by atoms with Gasteiger partial charge in [-0.05, 0) is 31.0 Å². The lowest BCUT2D eigenvalue weighted by Gasteiger charge is -2.35. The fraction of sp³-hybridized carbons (Fsp3) is 0.550. The molecule has 0 saturated carbocycles. The number of rotatable bonds is 8. The zero-order valence-electron chi connectivity index (χ0n) is 17.4. The average molecular weight is 419 g/mol. The first-order valence-electron chi connectivity index (χ1n) is 10.0. The molecule has 0 spiro atoms. The number of benzene rings is 1. The van der Waals surface area contributed by atoms with Gasteiger partial charge in [0.1, 0.15) is 24.6 Å². The molecule has 0 bridgehead atoms. The van der Waals surface area contributed by atoms with Gasteiger partial charge in [0.05, 0.1) is 19.2 Å². The maximum absolute atomic E-state index is 12.5. The van der Waals surface area contributed by atoms with Crippen LogP contribution < -0.4 is 15.4 Å². The number of carbonyl (C=O) groups is 2. The van der Waals surface area contributed by atoms with Crippen molar-refractivity contribution in [3.05, 3.63) is 29.8 Å². The number of amides is 3. The molecule has 2 saturated heterocycles. The van der Waals surface area contributed by atoms with Crippen LogP contribution in [0, 0.1) is 0 Å². The molecule has 4 N–H and O–H groups in total. The highest BCUT2D eigenvalue weighted by Crippen LogP contribution is 2.21. The minimum atomic E-state index is -0.914. The summed E-state index contributed by atoms with van der Waals surface area (Å²) in [5, 5.41) is 25.5. The van der Waals surface area contributed by atoms with E-state index in [2.05, 4.69) is 22.5 Å². The summed E-state index contributed by atoms with van der Waals surface area (Å²) in [6.07, 6.45) is -1.32. The van der Waals surface area contributed by atoms with Crippen molar-refractivity contribution in [2.75, 3.05) is 26.7 Å². The number of fused-ring (bicyclic) bond motifs is 1. The van der Waals surface area contributed by atoms with Crippen LogP contribution in [0.25, 0.3) is 0 Å². The fourth-order valence-corrected chi connectivity index (χ4v) is 3.47. The number of aliphatic hydroxyl groups is 2. The van der Waals surface area contributed by atoms with Gasteiger partial charge in [-0.15, -0.1) is 0 Å². The van der Waals surface area contributed by atoms with E-state index >= 15 is 0 Å². The molecule has 0 aliphatic carbocycles. The third kappa shape index (κ3) is 4.82. The summed E-state index contributed by atoms with van der Waals surface area (Å²) in [5.41, 5.74) is 1.13. The first-order valence-corrected chi connectivity index (χ1v) is 10.0. The Morgan fingerprint density at radius 1 is 1.30 bits per heavy atom. The Morgan fingerprint density at radius 3 is 2.77 bits per heavy atom. The number of ether oxygens (including phenoxy) is 1. The van der Waals surface area contributed by atoms with E-state index in [0.717, 1.165) is 12.0 Å². The summed E-state index contributed by atoms with van der Waals surface area (Å²) < 4.78 is 5.71. The van der Waals surface area contributed by atoms with Crippen molar-refractivity contribution in [2.24, 2.45) is 4.99 Å². The van der Waals surface area contributed by atoms with E-state index in [1.165, 1.54) is 4.90 Å². The molecule has 2 aliphatic rings. The van der Waals surface area contributed by atoms with E-state index in [1.54, 1.807) is 18.9 Å². The van der Waals surface area contributed by atoms with Crippen molar-refractivity contribution >= 4 is 17.9 Å². The second-order valence-electron chi connectivity index (χ2n) is 7.57. The monoisotopic (exact) mass is 419 g/mol. The highest BCUT2D eigenvalue weighted by atomic mass is 16.5. The van der Waals surface area contributed by atoms with Gasteiger partial charge in [-0.3, -0.25) is 15.1 Å². The van der Waals surface area contributed by atoms with Crippen LogP contribution in [0.4, 0.5) is 4.79 Å². The van der Waals surface area contributed by atoms with Gasteiger partial charge in [0.25, 0.3) is 5.91 Å². The summed E-state index contributed by atoms with van der Waals surface area (Å²) in [5.74, 6) is 0.533. The third-order valence-corrected chi connectivity index (χ3v) is 5.08. The number of guanidine groups is 1. The molecule has 0 radical (unpaired) electrons. The van der Waals surface area contributed by atoms with E-state index < -0.39 is 36.4 Å². The zero-order valence-corrected chi connectivity index (χ0v) is 17.4. The number of nitrogens with zero attached hydrogens (tertiary/aromatic N) is 3. The van der Waals surface area contributed by atoms with Gasteiger partial charge in [-0.2, -0.15) is 0 Å². The van der Waals surface area contributed by atoms with Crippen LogP contribution in [0.5, 0.6) is 5.75 Å². The molecule has 10 nitrogen and oxygen atoms in total. The number of nitrogens with one attached hydrogen (secondary N) is 2. The smallest absolute Gasteiger partial charge is 0.325 e. The molecule has 10 heteroatoms. The molecule has 4 unspecified atom stereocenters. The van der Waals surface area contributed by atoms with Crippen molar-refractivity contribution in [1.29, 1.82) is 0 Å². The van der Waals surface area contributed by atoms with Crippen LogP contribution in [0.3, 0.4) is 0 Å². The molecular weight excluding hydrogens is 390 g/mol. The predicted octanol–water partition coefficient (Wildman–Crippen LogP) is -0.493. The third-order valence-electron chi connectivity index (χ3n) is 5.08. The van der Waals surface area contributed by atoms with Crippen LogP contribution in [-0.4, -0.2) is 89.1 Å². The molecule has 1 aromatic rings. The number of urea groups is 1. The van der Waals surface area contributed by atoms with E-state index in [1.807, 2.05) is 24.3 Å². The van der Waals surface area contributed by atoms with Crippen molar-refractivity contribution < 1.29 is 24.5 Å². The Bertz CT molecular complexity index is 815. The number of β-amino-alcohol motifs (C(OH)–C–C–N with tert-alkyl or cyclic N) is 1. The molecular formula is C20H29N5O5. The Hall–Kier alpha value is -2.85. The average Bonchev–Trinajstić information content (AvgIpc) is 3.08.